The molecule has 186 valence electrons. The van der Waals surface area contributed by atoms with Gasteiger partial charge in [0, 0.05) is 19.6 Å². The Morgan fingerprint density at radius 1 is 1.21 bits per heavy atom. The Bertz CT molecular complexity index is 836. The topological polar surface area (TPSA) is 108 Å². The third-order valence-corrected chi connectivity index (χ3v) is 7.32. The second-order valence-electron chi connectivity index (χ2n) is 11.0. The van der Waals surface area contributed by atoms with Crippen LogP contribution < -0.4 is 16.0 Å². The van der Waals surface area contributed by atoms with Gasteiger partial charge in [0.05, 0.1) is 18.5 Å². The van der Waals surface area contributed by atoms with Crippen molar-refractivity contribution in [1.29, 1.82) is 0 Å². The van der Waals surface area contributed by atoms with Gasteiger partial charge in [0.15, 0.2) is 5.78 Å². The number of carbonyl (C=O) groups is 4. The summed E-state index contributed by atoms with van der Waals surface area (Å²) in [7, 11) is 0. The molecule has 0 unspecified atom stereocenters. The number of carbonyl (C=O) groups excluding carboxylic acids is 4. The predicted molar refractivity (Wildman–Crippen MR) is 113 cm³/mol. The number of amides is 3. The highest BCUT2D eigenvalue weighted by atomic mass is 19.4. The Morgan fingerprint density at radius 3 is 2.36 bits per heavy atom. The van der Waals surface area contributed by atoms with E-state index in [1.165, 1.54) is 4.90 Å². The van der Waals surface area contributed by atoms with Gasteiger partial charge in [-0.1, -0.05) is 34.6 Å². The largest absolute Gasteiger partial charge is 0.471 e. The Morgan fingerprint density at radius 2 is 1.85 bits per heavy atom. The summed E-state index contributed by atoms with van der Waals surface area (Å²) in [6, 6.07) is -2.22. The number of rotatable bonds is 7. The number of hydrogen-bond acceptors (Lipinski definition) is 5. The fourth-order valence-electron chi connectivity index (χ4n) is 5.22. The standard InChI is InChI=1S/C22H33F3N4O4/c1-20(2,3)16(28-19(33)22(23,24)25)18(32)29-10-12-14(21(12,4)5)15(29)13(30)9-26-8-11-6-7-27-17(11)31/h11-12,14-16,26H,6-10H2,1-5H3,(H,27,31)(H,28,33)/t11-,12-,14-,15+,16+/m0/s1. The molecule has 3 N–H and O–H groups in total. The van der Waals surface area contributed by atoms with Crippen LogP contribution in [0.4, 0.5) is 13.2 Å². The summed E-state index contributed by atoms with van der Waals surface area (Å²) in [5.41, 5.74) is -1.16. The van der Waals surface area contributed by atoms with Crippen molar-refractivity contribution in [3.63, 3.8) is 0 Å². The lowest BCUT2D eigenvalue weighted by molar-refractivity contribution is -0.176. The molecule has 0 aromatic rings. The molecule has 0 bridgehead atoms. The second-order valence-corrected chi connectivity index (χ2v) is 11.0. The van der Waals surface area contributed by atoms with Gasteiger partial charge in [-0.25, -0.2) is 0 Å². The fraction of sp³-hybridized carbons (Fsp3) is 0.818. The molecule has 11 heteroatoms. The molecule has 3 aliphatic rings. The molecule has 2 heterocycles. The fourth-order valence-corrected chi connectivity index (χ4v) is 5.22. The van der Waals surface area contributed by atoms with Crippen molar-refractivity contribution in [1.82, 2.24) is 20.9 Å². The molecule has 1 saturated carbocycles. The molecule has 2 aliphatic heterocycles. The number of nitrogens with zero attached hydrogens (tertiary/aromatic N) is 1. The quantitative estimate of drug-likeness (QED) is 0.507. The molecule has 1 aliphatic carbocycles. The molecule has 8 nitrogen and oxygen atoms in total. The van der Waals surface area contributed by atoms with Crippen molar-refractivity contribution in [2.75, 3.05) is 26.2 Å². The van der Waals surface area contributed by atoms with Crippen LogP contribution in [0.15, 0.2) is 0 Å². The maximum atomic E-state index is 13.4. The number of fused-ring (bicyclic) bond motifs is 1. The molecule has 0 aromatic heterocycles. The van der Waals surface area contributed by atoms with E-state index in [0.717, 1.165) is 0 Å². The molecule has 3 amide bonds. The molecular weight excluding hydrogens is 441 g/mol. The van der Waals surface area contributed by atoms with Crippen LogP contribution in [-0.2, 0) is 19.2 Å². The smallest absolute Gasteiger partial charge is 0.356 e. The van der Waals surface area contributed by atoms with Crippen LogP contribution >= 0.6 is 0 Å². The Kier molecular flexibility index (Phi) is 6.60. The van der Waals surface area contributed by atoms with Crippen molar-refractivity contribution in [2.45, 2.75) is 59.3 Å². The Hall–Kier alpha value is -2.17. The van der Waals surface area contributed by atoms with Crippen LogP contribution in [0.1, 0.15) is 41.0 Å². The van der Waals surface area contributed by atoms with Crippen LogP contribution in [0.2, 0.25) is 0 Å². The van der Waals surface area contributed by atoms with E-state index in [1.807, 2.05) is 19.2 Å². The van der Waals surface area contributed by atoms with Gasteiger partial charge < -0.3 is 20.9 Å². The average Bonchev–Trinajstić information content (AvgIpc) is 3.05. The highest BCUT2D eigenvalue weighted by Crippen LogP contribution is 2.65. The predicted octanol–water partition coefficient (Wildman–Crippen LogP) is 0.857. The van der Waals surface area contributed by atoms with Crippen LogP contribution in [0, 0.1) is 28.6 Å². The minimum atomic E-state index is -5.12. The highest BCUT2D eigenvalue weighted by molar-refractivity contribution is 5.96. The SMILES string of the molecule is CC(C)(C)[C@H](NC(=O)C(F)(F)F)C(=O)N1C[C@H]2[C@@H]([C@H]1C(=O)CNC[C@@H]1CCNC1=O)C2(C)C. The number of hydrogen-bond donors (Lipinski definition) is 3. The van der Waals surface area contributed by atoms with Crippen LogP contribution in [-0.4, -0.2) is 72.8 Å². The number of piperidine rings is 1. The Balaban J connectivity index is 1.73. The first-order valence-corrected chi connectivity index (χ1v) is 11.3. The first-order valence-electron chi connectivity index (χ1n) is 11.3. The summed E-state index contributed by atoms with van der Waals surface area (Å²) < 4.78 is 38.6. The zero-order chi connectivity index (χ0) is 24.9. The number of likely N-dealkylation sites (tertiary alicyclic amines) is 1. The van der Waals surface area contributed by atoms with E-state index in [4.69, 9.17) is 0 Å². The van der Waals surface area contributed by atoms with Gasteiger partial charge in [0.2, 0.25) is 11.8 Å². The number of nitrogens with one attached hydrogen (secondary N) is 3. The lowest BCUT2D eigenvalue weighted by atomic mass is 9.85. The summed E-state index contributed by atoms with van der Waals surface area (Å²) >= 11 is 0. The third-order valence-electron chi connectivity index (χ3n) is 7.32. The van der Waals surface area contributed by atoms with E-state index in [1.54, 1.807) is 20.8 Å². The summed E-state index contributed by atoms with van der Waals surface area (Å²) in [6.07, 6.45) is -4.44. The van der Waals surface area contributed by atoms with E-state index < -0.39 is 35.5 Å². The number of Topliss-reactive ketones (excluding diaryl/α,β-unsaturated/α-hetero) is 1. The molecule has 5 atom stereocenters. The zero-order valence-corrected chi connectivity index (χ0v) is 19.6. The minimum absolute atomic E-state index is 0.0490. The van der Waals surface area contributed by atoms with E-state index in [-0.39, 0.29) is 47.9 Å². The maximum absolute atomic E-state index is 13.4. The van der Waals surface area contributed by atoms with Crippen LogP contribution in [0.3, 0.4) is 0 Å². The minimum Gasteiger partial charge on any atom is -0.356 e. The number of alkyl halides is 3. The third kappa shape index (κ3) is 5.02. The zero-order valence-electron chi connectivity index (χ0n) is 19.6. The second kappa shape index (κ2) is 8.56. The molecule has 3 rings (SSSR count). The number of ketones is 1. The molecule has 0 radical (unpaired) electrons. The molecule has 2 saturated heterocycles. The van der Waals surface area contributed by atoms with E-state index in [0.29, 0.717) is 19.5 Å². The number of halogens is 3. The lowest BCUT2D eigenvalue weighted by Gasteiger charge is -2.37. The molecule has 3 fully saturated rings. The molecular formula is C22H33F3N4O4. The van der Waals surface area contributed by atoms with Gasteiger partial charge in [-0.2, -0.15) is 13.2 Å². The molecule has 33 heavy (non-hydrogen) atoms. The van der Waals surface area contributed by atoms with Crippen molar-refractivity contribution in [3.8, 4) is 0 Å². The Labute approximate surface area is 191 Å². The molecule has 0 spiro atoms. The van der Waals surface area contributed by atoms with Gasteiger partial charge in [0.1, 0.15) is 6.04 Å². The first kappa shape index (κ1) is 25.5. The van der Waals surface area contributed by atoms with Crippen molar-refractivity contribution >= 4 is 23.5 Å². The normalized spacial score (nSPS) is 29.3. The van der Waals surface area contributed by atoms with Gasteiger partial charge in [0.25, 0.3) is 0 Å². The summed E-state index contributed by atoms with van der Waals surface area (Å²) in [5, 5.41) is 7.58. The van der Waals surface area contributed by atoms with Crippen molar-refractivity contribution in [2.24, 2.45) is 28.6 Å². The van der Waals surface area contributed by atoms with Gasteiger partial charge in [-0.05, 0) is 29.1 Å². The van der Waals surface area contributed by atoms with Gasteiger partial charge >= 0.3 is 12.1 Å². The lowest BCUT2D eigenvalue weighted by Crippen LogP contribution is -2.60. The van der Waals surface area contributed by atoms with Crippen LogP contribution in [0.25, 0.3) is 0 Å². The maximum Gasteiger partial charge on any atom is 0.471 e. The van der Waals surface area contributed by atoms with E-state index in [9.17, 15) is 32.3 Å². The van der Waals surface area contributed by atoms with Crippen LogP contribution in [0.5, 0.6) is 0 Å². The van der Waals surface area contributed by atoms with E-state index in [2.05, 4.69) is 10.6 Å². The monoisotopic (exact) mass is 474 g/mol. The van der Waals surface area contributed by atoms with Gasteiger partial charge in [-0.3, -0.25) is 19.2 Å². The average molecular weight is 475 g/mol. The first-order chi connectivity index (χ1) is 15.1. The highest BCUT2D eigenvalue weighted by Gasteiger charge is 2.69. The summed E-state index contributed by atoms with van der Waals surface area (Å²) in [6.45, 7) is 9.86. The van der Waals surface area contributed by atoms with Crippen molar-refractivity contribution < 1.29 is 32.3 Å². The molecule has 0 aromatic carbocycles. The summed E-state index contributed by atoms with van der Waals surface area (Å²) in [4.78, 5) is 51.2. The van der Waals surface area contributed by atoms with Gasteiger partial charge in [-0.15, -0.1) is 0 Å². The van der Waals surface area contributed by atoms with Crippen molar-refractivity contribution in [3.05, 3.63) is 0 Å². The van der Waals surface area contributed by atoms with E-state index >= 15 is 0 Å². The summed E-state index contributed by atoms with van der Waals surface area (Å²) in [5.74, 6) is -3.41.